The summed E-state index contributed by atoms with van der Waals surface area (Å²) in [5, 5.41) is 11.2. The van der Waals surface area contributed by atoms with Crippen LogP contribution < -0.4 is 0 Å². The Labute approximate surface area is 203 Å². The van der Waals surface area contributed by atoms with E-state index in [1.165, 1.54) is 16.1 Å². The SMILES string of the molecule is C=CCn1c(SCC(=O)N2CCN(S(=O)(=O)c3ccc4ccccc4c3)CC2)nnc1C1CC1. The van der Waals surface area contributed by atoms with E-state index in [2.05, 4.69) is 16.8 Å². The average Bonchev–Trinajstić information content (AvgIpc) is 3.63. The van der Waals surface area contributed by atoms with Gasteiger partial charge < -0.3 is 9.47 Å². The Morgan fingerprint density at radius 2 is 1.79 bits per heavy atom. The Morgan fingerprint density at radius 1 is 1.06 bits per heavy atom. The molecule has 0 N–H and O–H groups in total. The highest BCUT2D eigenvalue weighted by atomic mass is 32.2. The minimum absolute atomic E-state index is 0.0196. The van der Waals surface area contributed by atoms with Gasteiger partial charge in [0.25, 0.3) is 0 Å². The number of hydrogen-bond donors (Lipinski definition) is 0. The molecule has 2 fully saturated rings. The molecule has 1 aromatic heterocycles. The number of hydrogen-bond acceptors (Lipinski definition) is 6. The van der Waals surface area contributed by atoms with Gasteiger partial charge in [0.15, 0.2) is 5.16 Å². The molecule has 1 amide bonds. The van der Waals surface area contributed by atoms with Gasteiger partial charge >= 0.3 is 0 Å². The van der Waals surface area contributed by atoms with Crippen LogP contribution in [0.4, 0.5) is 0 Å². The second-order valence-corrected chi connectivity index (χ2v) is 11.5. The summed E-state index contributed by atoms with van der Waals surface area (Å²) in [5.41, 5.74) is 0. The summed E-state index contributed by atoms with van der Waals surface area (Å²) in [6, 6.07) is 12.9. The molecular weight excluding hydrogens is 470 g/mol. The van der Waals surface area contributed by atoms with E-state index in [4.69, 9.17) is 0 Å². The maximum Gasteiger partial charge on any atom is 0.243 e. The molecule has 178 valence electrons. The van der Waals surface area contributed by atoms with Gasteiger partial charge in [-0.25, -0.2) is 8.42 Å². The molecule has 34 heavy (non-hydrogen) atoms. The standard InChI is InChI=1S/C24H27N5O3S2/c1-2-11-29-23(19-7-8-19)25-26-24(29)33-17-22(30)27-12-14-28(15-13-27)34(31,32)21-10-9-18-5-3-4-6-20(18)16-21/h2-6,9-10,16,19H,1,7-8,11-15,17H2. The predicted octanol–water partition coefficient (Wildman–Crippen LogP) is 3.12. The first-order valence-corrected chi connectivity index (χ1v) is 13.8. The van der Waals surface area contributed by atoms with Crippen molar-refractivity contribution in [2.45, 2.75) is 35.4 Å². The third-order valence-electron chi connectivity index (χ3n) is 6.27. The lowest BCUT2D eigenvalue weighted by atomic mass is 10.1. The van der Waals surface area contributed by atoms with Crippen molar-refractivity contribution >= 4 is 38.5 Å². The van der Waals surface area contributed by atoms with Crippen LogP contribution in [0.5, 0.6) is 0 Å². The highest BCUT2D eigenvalue weighted by molar-refractivity contribution is 7.99. The van der Waals surface area contributed by atoms with E-state index in [0.29, 0.717) is 25.6 Å². The van der Waals surface area contributed by atoms with E-state index < -0.39 is 10.0 Å². The third-order valence-corrected chi connectivity index (χ3v) is 9.12. The number of fused-ring (bicyclic) bond motifs is 1. The second-order valence-electron chi connectivity index (χ2n) is 8.60. The van der Waals surface area contributed by atoms with Crippen molar-refractivity contribution in [2.24, 2.45) is 0 Å². The molecule has 2 heterocycles. The van der Waals surface area contributed by atoms with Gasteiger partial charge in [-0.2, -0.15) is 4.31 Å². The number of aromatic nitrogens is 3. The molecule has 1 aliphatic carbocycles. The second kappa shape index (κ2) is 9.52. The molecule has 2 aromatic carbocycles. The first-order chi connectivity index (χ1) is 16.5. The summed E-state index contributed by atoms with van der Waals surface area (Å²) >= 11 is 1.38. The summed E-state index contributed by atoms with van der Waals surface area (Å²) < 4.78 is 29.9. The molecule has 8 nitrogen and oxygen atoms in total. The number of benzene rings is 2. The van der Waals surface area contributed by atoms with Gasteiger partial charge in [0.05, 0.1) is 10.6 Å². The molecule has 3 aromatic rings. The number of allylic oxidation sites excluding steroid dienone is 1. The Hall–Kier alpha value is -2.69. The van der Waals surface area contributed by atoms with Crippen LogP contribution in [0.2, 0.25) is 0 Å². The molecule has 1 aliphatic heterocycles. The van der Waals surface area contributed by atoms with Crippen LogP contribution >= 0.6 is 11.8 Å². The van der Waals surface area contributed by atoms with Gasteiger partial charge in [-0.15, -0.1) is 16.8 Å². The highest BCUT2D eigenvalue weighted by Crippen LogP contribution is 2.40. The predicted molar refractivity (Wildman–Crippen MR) is 132 cm³/mol. The molecule has 10 heteroatoms. The zero-order valence-electron chi connectivity index (χ0n) is 18.8. The van der Waals surface area contributed by atoms with Crippen LogP contribution in [0, 0.1) is 0 Å². The Kier molecular flexibility index (Phi) is 6.46. The van der Waals surface area contributed by atoms with E-state index >= 15 is 0 Å². The average molecular weight is 498 g/mol. The van der Waals surface area contributed by atoms with Crippen molar-refractivity contribution in [3.8, 4) is 0 Å². The molecule has 0 unspecified atom stereocenters. The zero-order chi connectivity index (χ0) is 23.7. The quantitative estimate of drug-likeness (QED) is 0.351. The monoisotopic (exact) mass is 497 g/mol. The fourth-order valence-electron chi connectivity index (χ4n) is 4.22. The summed E-state index contributed by atoms with van der Waals surface area (Å²) in [7, 11) is -3.61. The van der Waals surface area contributed by atoms with Crippen LogP contribution in [0.1, 0.15) is 24.6 Å². The summed E-state index contributed by atoms with van der Waals surface area (Å²) in [6.07, 6.45) is 4.08. The minimum Gasteiger partial charge on any atom is -0.339 e. The lowest BCUT2D eigenvalue weighted by Gasteiger charge is -2.34. The molecule has 1 saturated heterocycles. The maximum atomic E-state index is 13.2. The lowest BCUT2D eigenvalue weighted by molar-refractivity contribution is -0.129. The fourth-order valence-corrected chi connectivity index (χ4v) is 6.54. The number of thioether (sulfide) groups is 1. The third kappa shape index (κ3) is 4.62. The van der Waals surface area contributed by atoms with Crippen molar-refractivity contribution in [1.82, 2.24) is 24.0 Å². The summed E-state index contributed by atoms with van der Waals surface area (Å²) in [4.78, 5) is 14.8. The van der Waals surface area contributed by atoms with E-state index in [9.17, 15) is 13.2 Å². The molecule has 0 bridgehead atoms. The van der Waals surface area contributed by atoms with Crippen molar-refractivity contribution in [2.75, 3.05) is 31.9 Å². The van der Waals surface area contributed by atoms with Crippen molar-refractivity contribution in [3.05, 3.63) is 60.9 Å². The molecule has 2 aliphatic rings. The van der Waals surface area contributed by atoms with Crippen molar-refractivity contribution < 1.29 is 13.2 Å². The van der Waals surface area contributed by atoms with Crippen LogP contribution in [-0.4, -0.2) is 70.2 Å². The van der Waals surface area contributed by atoms with Gasteiger partial charge in [-0.1, -0.05) is 48.2 Å². The van der Waals surface area contributed by atoms with Crippen molar-refractivity contribution in [3.63, 3.8) is 0 Å². The number of amides is 1. The van der Waals surface area contributed by atoms with Crippen molar-refractivity contribution in [1.29, 1.82) is 0 Å². The molecular formula is C24H27N5O3S2. The Balaban J connectivity index is 1.19. The highest BCUT2D eigenvalue weighted by Gasteiger charge is 2.32. The molecule has 0 spiro atoms. The zero-order valence-corrected chi connectivity index (χ0v) is 20.5. The van der Waals surface area contributed by atoms with Crippen LogP contribution in [0.15, 0.2) is 65.2 Å². The summed E-state index contributed by atoms with van der Waals surface area (Å²) in [6.45, 7) is 5.75. The molecule has 1 saturated carbocycles. The molecule has 0 radical (unpaired) electrons. The van der Waals surface area contributed by atoms with Crippen LogP contribution in [0.25, 0.3) is 10.8 Å². The number of carbonyl (C=O) groups is 1. The van der Waals surface area contributed by atoms with Gasteiger partial charge in [0.1, 0.15) is 5.82 Å². The number of nitrogens with zero attached hydrogens (tertiary/aromatic N) is 5. The van der Waals surface area contributed by atoms with E-state index in [-0.39, 0.29) is 29.6 Å². The van der Waals surface area contributed by atoms with Gasteiger partial charge in [-0.05, 0) is 35.7 Å². The fraction of sp³-hybridized carbons (Fsp3) is 0.375. The largest absolute Gasteiger partial charge is 0.339 e. The van der Waals surface area contributed by atoms with E-state index in [0.717, 1.165) is 34.6 Å². The smallest absolute Gasteiger partial charge is 0.243 e. The van der Waals surface area contributed by atoms with E-state index in [1.807, 2.05) is 41.0 Å². The molecule has 5 rings (SSSR count). The minimum atomic E-state index is -3.61. The Morgan fingerprint density at radius 3 is 2.50 bits per heavy atom. The Bertz CT molecular complexity index is 1330. The molecule has 0 atom stereocenters. The van der Waals surface area contributed by atoms with E-state index in [1.54, 1.807) is 17.0 Å². The van der Waals surface area contributed by atoms with Gasteiger partial charge in [0, 0.05) is 38.6 Å². The normalized spacial score (nSPS) is 17.2. The van der Waals surface area contributed by atoms with Crippen LogP contribution in [0.3, 0.4) is 0 Å². The summed E-state index contributed by atoms with van der Waals surface area (Å²) in [5.74, 6) is 1.67. The first-order valence-electron chi connectivity index (χ1n) is 11.4. The maximum absolute atomic E-state index is 13.2. The van der Waals surface area contributed by atoms with Gasteiger partial charge in [-0.3, -0.25) is 4.79 Å². The van der Waals surface area contributed by atoms with Crippen LogP contribution in [-0.2, 0) is 21.4 Å². The number of piperazine rings is 1. The number of carbonyl (C=O) groups excluding carboxylic acids is 1. The lowest BCUT2D eigenvalue weighted by Crippen LogP contribution is -2.50. The number of sulfonamides is 1. The first kappa shape index (κ1) is 23.1. The van der Waals surface area contributed by atoms with Gasteiger partial charge in [0.2, 0.25) is 15.9 Å². The number of rotatable bonds is 8. The topological polar surface area (TPSA) is 88.4 Å².